The quantitative estimate of drug-likeness (QED) is 0.713. The van der Waals surface area contributed by atoms with Crippen molar-refractivity contribution in [3.63, 3.8) is 0 Å². The maximum Gasteiger partial charge on any atom is 0.494 e. The second kappa shape index (κ2) is 7.98. The number of rotatable bonds is 3. The summed E-state index contributed by atoms with van der Waals surface area (Å²) in [6.07, 6.45) is 9.35. The molecule has 33 heavy (non-hydrogen) atoms. The Kier molecular flexibility index (Phi) is 5.41. The summed E-state index contributed by atoms with van der Waals surface area (Å²) in [6.45, 7) is 14.7. The minimum Gasteiger partial charge on any atom is -0.399 e. The molecule has 0 radical (unpaired) electrons. The molecule has 0 unspecified atom stereocenters. The Morgan fingerprint density at radius 1 is 0.909 bits per heavy atom. The van der Waals surface area contributed by atoms with Crippen LogP contribution in [0.25, 0.3) is 0 Å². The number of nitrogens with one attached hydrogen (secondary N) is 1. The van der Waals surface area contributed by atoms with Crippen molar-refractivity contribution in [3.05, 3.63) is 23.8 Å². The molecule has 4 fully saturated rings. The van der Waals surface area contributed by atoms with E-state index in [0.29, 0.717) is 11.5 Å². The molecule has 1 spiro atoms. The molecule has 6 rings (SSSR count). The summed E-state index contributed by atoms with van der Waals surface area (Å²) >= 11 is 0. The van der Waals surface area contributed by atoms with Gasteiger partial charge in [0.05, 0.1) is 11.2 Å². The van der Waals surface area contributed by atoms with E-state index in [9.17, 15) is 0 Å². The van der Waals surface area contributed by atoms with Gasteiger partial charge in [0, 0.05) is 29.7 Å². The van der Waals surface area contributed by atoms with Crippen LogP contribution >= 0.6 is 0 Å². The van der Waals surface area contributed by atoms with Gasteiger partial charge in [-0.2, -0.15) is 0 Å². The highest BCUT2D eigenvalue weighted by Crippen LogP contribution is 2.49. The van der Waals surface area contributed by atoms with E-state index in [-0.39, 0.29) is 18.3 Å². The van der Waals surface area contributed by atoms with E-state index >= 15 is 0 Å². The lowest BCUT2D eigenvalue weighted by Gasteiger charge is -2.49. The first-order valence-electron chi connectivity index (χ1n) is 13.5. The van der Waals surface area contributed by atoms with E-state index in [1.807, 2.05) is 0 Å². The van der Waals surface area contributed by atoms with Crippen LogP contribution in [-0.4, -0.2) is 68.0 Å². The fourth-order valence-electron chi connectivity index (χ4n) is 6.91. The Balaban J connectivity index is 1.27. The minimum absolute atomic E-state index is 0.283. The van der Waals surface area contributed by atoms with Gasteiger partial charge in [0.2, 0.25) is 0 Å². The van der Waals surface area contributed by atoms with E-state index in [2.05, 4.69) is 61.0 Å². The van der Waals surface area contributed by atoms with Crippen molar-refractivity contribution < 1.29 is 9.31 Å². The fraction of sp³-hybridized carbons (Fsp3) is 0.778. The number of fused-ring (bicyclic) bond motifs is 2. The largest absolute Gasteiger partial charge is 0.494 e. The molecule has 4 heterocycles. The number of piperidine rings is 2. The molecule has 1 saturated carbocycles. The van der Waals surface area contributed by atoms with Gasteiger partial charge in [-0.15, -0.1) is 0 Å². The van der Waals surface area contributed by atoms with Gasteiger partial charge in [-0.05, 0) is 109 Å². The summed E-state index contributed by atoms with van der Waals surface area (Å²) in [4.78, 5) is 5.56. The highest BCUT2D eigenvalue weighted by molar-refractivity contribution is 6.62. The van der Waals surface area contributed by atoms with Crippen LogP contribution in [0.1, 0.15) is 78.2 Å². The van der Waals surface area contributed by atoms with Crippen molar-refractivity contribution in [2.24, 2.45) is 0 Å². The molecule has 3 saturated heterocycles. The Morgan fingerprint density at radius 3 is 2.24 bits per heavy atom. The highest BCUT2D eigenvalue weighted by atomic mass is 16.7. The summed E-state index contributed by atoms with van der Waals surface area (Å²) in [6, 6.07) is 8.60. The second-order valence-electron chi connectivity index (χ2n) is 12.4. The molecule has 0 aromatic heterocycles. The first-order valence-corrected chi connectivity index (χ1v) is 13.5. The summed E-state index contributed by atoms with van der Waals surface area (Å²) < 4.78 is 12.8. The molecule has 0 atom stereocenters. The highest BCUT2D eigenvalue weighted by Gasteiger charge is 2.53. The Labute approximate surface area is 200 Å². The molecule has 1 aromatic rings. The SMILES string of the molecule is CC1(C)OB(c2ccc3c(c2)N(C2CC(N4CCCCC4)C2)CC32CCNCC2)OC1(C)C. The minimum atomic E-state index is -0.303. The fourth-order valence-corrected chi connectivity index (χ4v) is 6.91. The van der Waals surface area contributed by atoms with Crippen LogP contribution in [-0.2, 0) is 14.7 Å². The van der Waals surface area contributed by atoms with Crippen molar-refractivity contribution in [1.82, 2.24) is 10.2 Å². The molecule has 180 valence electrons. The molecule has 1 aliphatic carbocycles. The Bertz CT molecular complexity index is 869. The van der Waals surface area contributed by atoms with Gasteiger partial charge >= 0.3 is 7.12 Å². The maximum absolute atomic E-state index is 6.42. The lowest BCUT2D eigenvalue weighted by Crippen LogP contribution is -2.56. The van der Waals surface area contributed by atoms with E-state index in [1.165, 1.54) is 75.7 Å². The number of nitrogens with zero attached hydrogens (tertiary/aromatic N) is 2. The van der Waals surface area contributed by atoms with Gasteiger partial charge < -0.3 is 24.4 Å². The van der Waals surface area contributed by atoms with Crippen molar-refractivity contribution in [2.45, 2.75) is 101 Å². The summed E-state index contributed by atoms with van der Waals surface area (Å²) in [5, 5.41) is 3.60. The maximum atomic E-state index is 6.42. The molecular formula is C27H42BN3O2. The van der Waals surface area contributed by atoms with Crippen LogP contribution < -0.4 is 15.7 Å². The molecule has 5 aliphatic rings. The molecule has 5 nitrogen and oxygen atoms in total. The molecule has 4 aliphatic heterocycles. The van der Waals surface area contributed by atoms with Crippen molar-refractivity contribution in [3.8, 4) is 0 Å². The van der Waals surface area contributed by atoms with Crippen LogP contribution in [0.4, 0.5) is 5.69 Å². The predicted octanol–water partition coefficient (Wildman–Crippen LogP) is 3.44. The molecule has 6 heteroatoms. The van der Waals surface area contributed by atoms with Crippen LogP contribution in [0, 0.1) is 0 Å². The van der Waals surface area contributed by atoms with Gasteiger partial charge in [0.1, 0.15) is 0 Å². The zero-order valence-corrected chi connectivity index (χ0v) is 21.2. The lowest BCUT2D eigenvalue weighted by molar-refractivity contribution is 0.00578. The zero-order valence-electron chi connectivity index (χ0n) is 21.2. The predicted molar refractivity (Wildman–Crippen MR) is 136 cm³/mol. The van der Waals surface area contributed by atoms with Crippen molar-refractivity contribution >= 4 is 18.3 Å². The molecule has 0 amide bonds. The second-order valence-corrected chi connectivity index (χ2v) is 12.4. The van der Waals surface area contributed by atoms with E-state index in [4.69, 9.17) is 9.31 Å². The van der Waals surface area contributed by atoms with Crippen LogP contribution in [0.5, 0.6) is 0 Å². The first-order chi connectivity index (χ1) is 15.8. The average Bonchev–Trinajstić information content (AvgIpc) is 3.18. The topological polar surface area (TPSA) is 37.0 Å². The van der Waals surface area contributed by atoms with Gasteiger partial charge in [-0.25, -0.2) is 0 Å². The van der Waals surface area contributed by atoms with Gasteiger partial charge in [-0.1, -0.05) is 18.6 Å². The summed E-state index contributed by atoms with van der Waals surface area (Å²) in [5.74, 6) is 0. The third-order valence-corrected chi connectivity index (χ3v) is 9.90. The average molecular weight is 451 g/mol. The third kappa shape index (κ3) is 3.67. The number of benzene rings is 1. The smallest absolute Gasteiger partial charge is 0.399 e. The lowest BCUT2D eigenvalue weighted by atomic mass is 9.72. The first kappa shape index (κ1) is 22.4. The number of hydrogen-bond donors (Lipinski definition) is 1. The van der Waals surface area contributed by atoms with Gasteiger partial charge in [0.15, 0.2) is 0 Å². The van der Waals surface area contributed by atoms with Crippen LogP contribution in [0.2, 0.25) is 0 Å². The number of likely N-dealkylation sites (tertiary alicyclic amines) is 1. The van der Waals surface area contributed by atoms with Gasteiger partial charge in [-0.3, -0.25) is 0 Å². The van der Waals surface area contributed by atoms with E-state index in [1.54, 1.807) is 5.56 Å². The van der Waals surface area contributed by atoms with Crippen LogP contribution in [0.15, 0.2) is 18.2 Å². The van der Waals surface area contributed by atoms with E-state index < -0.39 is 0 Å². The molecular weight excluding hydrogens is 409 g/mol. The van der Waals surface area contributed by atoms with Crippen molar-refractivity contribution in [1.29, 1.82) is 0 Å². The van der Waals surface area contributed by atoms with Crippen LogP contribution in [0.3, 0.4) is 0 Å². The molecule has 1 aromatic carbocycles. The molecule has 1 N–H and O–H groups in total. The monoisotopic (exact) mass is 451 g/mol. The normalized spacial score (nSPS) is 32.7. The number of hydrogen-bond acceptors (Lipinski definition) is 5. The van der Waals surface area contributed by atoms with Crippen molar-refractivity contribution in [2.75, 3.05) is 37.6 Å². The number of anilines is 1. The summed E-state index contributed by atoms with van der Waals surface area (Å²) in [7, 11) is -0.283. The van der Waals surface area contributed by atoms with Gasteiger partial charge in [0.25, 0.3) is 0 Å². The standard InChI is InChI=1S/C27H42BN3O2/c1-25(2)26(3,4)33-28(32-25)20-8-9-23-24(16-20)31(19-27(23)10-12-29-13-11-27)22-17-21(18-22)30-14-6-5-7-15-30/h8-9,16,21-22,29H,5-7,10-15,17-19H2,1-4H3. The summed E-state index contributed by atoms with van der Waals surface area (Å²) in [5.41, 5.74) is 3.92. The Hall–Kier alpha value is -1.08. The molecule has 0 bridgehead atoms. The van der Waals surface area contributed by atoms with E-state index in [0.717, 1.165) is 19.1 Å². The Morgan fingerprint density at radius 2 is 1.58 bits per heavy atom. The third-order valence-electron chi connectivity index (χ3n) is 9.90. The zero-order chi connectivity index (χ0) is 22.8.